The fourth-order valence-electron chi connectivity index (χ4n) is 2.14. The minimum absolute atomic E-state index is 0. The fourth-order valence-corrected chi connectivity index (χ4v) is 2.14. The van der Waals surface area contributed by atoms with Gasteiger partial charge in [0.05, 0.1) is 6.10 Å². The number of benzene rings is 1. The van der Waals surface area contributed by atoms with Crippen molar-refractivity contribution in [1.82, 2.24) is 15.5 Å². The molecule has 0 aliphatic heterocycles. The first kappa shape index (κ1) is 24.0. The van der Waals surface area contributed by atoms with Crippen LogP contribution in [0.1, 0.15) is 38.3 Å². The van der Waals surface area contributed by atoms with Crippen molar-refractivity contribution in [3.05, 3.63) is 29.3 Å². The average molecular weight is 462 g/mol. The van der Waals surface area contributed by atoms with E-state index in [0.717, 1.165) is 43.3 Å². The molecule has 2 N–H and O–H groups in total. The van der Waals surface area contributed by atoms with Crippen LogP contribution in [-0.2, 0) is 6.54 Å². The second-order valence-corrected chi connectivity index (χ2v) is 6.20. The molecule has 1 aromatic carbocycles. The van der Waals surface area contributed by atoms with Crippen molar-refractivity contribution >= 4 is 29.9 Å². The fraction of sp³-hybridized carbons (Fsp3) is 0.632. The van der Waals surface area contributed by atoms with E-state index in [9.17, 15) is 0 Å². The molecule has 25 heavy (non-hydrogen) atoms. The van der Waals surface area contributed by atoms with Crippen molar-refractivity contribution in [2.24, 2.45) is 4.99 Å². The van der Waals surface area contributed by atoms with Crippen LogP contribution in [0.2, 0.25) is 0 Å². The second kappa shape index (κ2) is 13.2. The smallest absolute Gasteiger partial charge is 0.191 e. The highest BCUT2D eigenvalue weighted by Gasteiger charge is 2.08. The number of nitrogens with zero attached hydrogens (tertiary/aromatic N) is 2. The first-order chi connectivity index (χ1) is 11.5. The molecular formula is C19H35IN4O. The van der Waals surface area contributed by atoms with Crippen molar-refractivity contribution in [3.8, 4) is 5.75 Å². The normalized spacial score (nSPS) is 12.5. The highest BCUT2D eigenvalue weighted by Crippen LogP contribution is 2.22. The van der Waals surface area contributed by atoms with Gasteiger partial charge in [0.2, 0.25) is 0 Å². The van der Waals surface area contributed by atoms with Gasteiger partial charge in [0, 0.05) is 32.2 Å². The summed E-state index contributed by atoms with van der Waals surface area (Å²) in [4.78, 5) is 6.55. The number of rotatable bonds is 9. The minimum atomic E-state index is 0. The maximum absolute atomic E-state index is 6.06. The van der Waals surface area contributed by atoms with Gasteiger partial charge in [-0.15, -0.1) is 24.0 Å². The van der Waals surface area contributed by atoms with Gasteiger partial charge in [-0.05, 0) is 45.5 Å². The first-order valence-electron chi connectivity index (χ1n) is 8.89. The van der Waals surface area contributed by atoms with Crippen LogP contribution in [0.3, 0.4) is 0 Å². The third-order valence-electron chi connectivity index (χ3n) is 4.12. The molecule has 0 aromatic heterocycles. The molecule has 144 valence electrons. The molecule has 0 aliphatic carbocycles. The van der Waals surface area contributed by atoms with Crippen LogP contribution in [0.25, 0.3) is 0 Å². The Labute approximate surface area is 170 Å². The zero-order valence-corrected chi connectivity index (χ0v) is 18.9. The summed E-state index contributed by atoms with van der Waals surface area (Å²) < 4.78 is 6.06. The zero-order chi connectivity index (χ0) is 17.9. The van der Waals surface area contributed by atoms with Crippen LogP contribution in [-0.4, -0.2) is 50.7 Å². The monoisotopic (exact) mass is 462 g/mol. The van der Waals surface area contributed by atoms with Crippen molar-refractivity contribution in [2.45, 2.75) is 46.8 Å². The predicted octanol–water partition coefficient (Wildman–Crippen LogP) is 3.41. The Morgan fingerprint density at radius 3 is 2.60 bits per heavy atom. The molecule has 0 heterocycles. The third-order valence-corrected chi connectivity index (χ3v) is 4.12. The Morgan fingerprint density at radius 2 is 2.00 bits per heavy atom. The lowest BCUT2D eigenvalue weighted by atomic mass is 10.1. The van der Waals surface area contributed by atoms with Crippen LogP contribution in [0, 0.1) is 6.92 Å². The topological polar surface area (TPSA) is 48.9 Å². The molecule has 0 radical (unpaired) electrons. The van der Waals surface area contributed by atoms with Crippen molar-refractivity contribution in [1.29, 1.82) is 0 Å². The van der Waals surface area contributed by atoms with E-state index in [2.05, 4.69) is 73.5 Å². The first-order valence-corrected chi connectivity index (χ1v) is 8.89. The molecule has 0 bridgehead atoms. The molecule has 0 aliphatic rings. The molecule has 0 fully saturated rings. The molecule has 0 spiro atoms. The van der Waals surface area contributed by atoms with E-state index in [1.165, 1.54) is 5.56 Å². The Morgan fingerprint density at radius 1 is 1.28 bits per heavy atom. The number of hydrogen-bond acceptors (Lipinski definition) is 3. The average Bonchev–Trinajstić information content (AvgIpc) is 2.58. The molecule has 1 unspecified atom stereocenters. The summed E-state index contributed by atoms with van der Waals surface area (Å²) in [6.45, 7) is 12.1. The van der Waals surface area contributed by atoms with E-state index in [-0.39, 0.29) is 30.1 Å². The van der Waals surface area contributed by atoms with Crippen molar-refractivity contribution < 1.29 is 4.74 Å². The van der Waals surface area contributed by atoms with Gasteiger partial charge in [-0.2, -0.15) is 0 Å². The third kappa shape index (κ3) is 9.30. The Hall–Kier alpha value is -1.02. The lowest BCUT2D eigenvalue weighted by Gasteiger charge is -2.19. The van der Waals surface area contributed by atoms with Gasteiger partial charge in [-0.3, -0.25) is 4.99 Å². The van der Waals surface area contributed by atoms with E-state index in [1.807, 2.05) is 0 Å². The minimum Gasteiger partial charge on any atom is -0.490 e. The van der Waals surface area contributed by atoms with Crippen LogP contribution in [0.15, 0.2) is 23.2 Å². The summed E-state index contributed by atoms with van der Waals surface area (Å²) in [6.07, 6.45) is 1.21. The number of likely N-dealkylation sites (N-methyl/N-ethyl adjacent to an activating group) is 1. The molecular weight excluding hydrogens is 427 g/mol. The number of ether oxygens (including phenoxy) is 1. The van der Waals surface area contributed by atoms with Gasteiger partial charge in [0.15, 0.2) is 5.96 Å². The van der Waals surface area contributed by atoms with Gasteiger partial charge in [0.1, 0.15) is 5.75 Å². The maximum atomic E-state index is 6.06. The van der Waals surface area contributed by atoms with Crippen LogP contribution in [0.5, 0.6) is 5.75 Å². The number of halogens is 1. The molecule has 0 saturated carbocycles. The number of hydrogen-bond donors (Lipinski definition) is 2. The highest BCUT2D eigenvalue weighted by atomic mass is 127. The zero-order valence-electron chi connectivity index (χ0n) is 16.6. The molecule has 1 rings (SSSR count). The van der Waals surface area contributed by atoms with E-state index >= 15 is 0 Å². The van der Waals surface area contributed by atoms with Crippen molar-refractivity contribution in [2.75, 3.05) is 33.7 Å². The highest BCUT2D eigenvalue weighted by molar-refractivity contribution is 14.0. The largest absolute Gasteiger partial charge is 0.490 e. The Bertz CT molecular complexity index is 522. The number of guanidine groups is 1. The Balaban J connectivity index is 0.00000576. The summed E-state index contributed by atoms with van der Waals surface area (Å²) in [7, 11) is 3.91. The van der Waals surface area contributed by atoms with Gasteiger partial charge < -0.3 is 20.3 Å². The van der Waals surface area contributed by atoms with Crippen LogP contribution < -0.4 is 15.4 Å². The lowest BCUT2D eigenvalue weighted by molar-refractivity contribution is 0.215. The van der Waals surface area contributed by atoms with E-state index in [1.54, 1.807) is 7.05 Å². The standard InChI is InChI=1S/C19H34N4O.HI/c1-7-16(4)24-18-13-15(3)9-10-17(18)14-22-19(20-5)21-11-12-23(6)8-2;/h9-10,13,16H,7-8,11-12,14H2,1-6H3,(H2,20,21,22);1H. The second-order valence-electron chi connectivity index (χ2n) is 6.20. The van der Waals surface area contributed by atoms with Crippen molar-refractivity contribution in [3.63, 3.8) is 0 Å². The molecule has 6 heteroatoms. The van der Waals surface area contributed by atoms with E-state index < -0.39 is 0 Å². The quantitative estimate of drug-likeness (QED) is 0.336. The van der Waals surface area contributed by atoms with Gasteiger partial charge in [-0.1, -0.05) is 26.0 Å². The molecule has 0 amide bonds. The predicted molar refractivity (Wildman–Crippen MR) is 118 cm³/mol. The van der Waals surface area contributed by atoms with E-state index in [0.29, 0.717) is 6.54 Å². The summed E-state index contributed by atoms with van der Waals surface area (Å²) in [6, 6.07) is 6.35. The van der Waals surface area contributed by atoms with Gasteiger partial charge >= 0.3 is 0 Å². The molecule has 1 aromatic rings. The number of aryl methyl sites for hydroxylation is 1. The van der Waals surface area contributed by atoms with E-state index in [4.69, 9.17) is 4.74 Å². The summed E-state index contributed by atoms with van der Waals surface area (Å²) in [5.41, 5.74) is 2.36. The molecule has 1 atom stereocenters. The summed E-state index contributed by atoms with van der Waals surface area (Å²) >= 11 is 0. The molecule has 0 saturated heterocycles. The molecule has 5 nitrogen and oxygen atoms in total. The maximum Gasteiger partial charge on any atom is 0.191 e. The summed E-state index contributed by atoms with van der Waals surface area (Å²) in [5.74, 6) is 1.77. The number of aliphatic imine (C=N–C) groups is 1. The Kier molecular flexibility index (Phi) is 12.7. The van der Waals surface area contributed by atoms with Gasteiger partial charge in [-0.25, -0.2) is 0 Å². The number of nitrogens with one attached hydrogen (secondary N) is 2. The van der Waals surface area contributed by atoms with Gasteiger partial charge in [0.25, 0.3) is 0 Å². The van der Waals surface area contributed by atoms with Crippen LogP contribution >= 0.6 is 24.0 Å². The summed E-state index contributed by atoms with van der Waals surface area (Å²) in [5, 5.41) is 6.71. The lowest BCUT2D eigenvalue weighted by Crippen LogP contribution is -2.40. The van der Waals surface area contributed by atoms with Crippen LogP contribution in [0.4, 0.5) is 0 Å². The SMILES string of the molecule is CCC(C)Oc1cc(C)ccc1CNC(=NC)NCCN(C)CC.I.